The number of nitrogens with zero attached hydrogens (tertiary/aromatic N) is 2. The molecule has 2 heterocycles. The molecule has 174 valence electrons. The van der Waals surface area contributed by atoms with Crippen LogP contribution in [-0.2, 0) is 11.3 Å². The Bertz CT molecular complexity index is 1170. The van der Waals surface area contributed by atoms with Crippen LogP contribution in [0.1, 0.15) is 23.1 Å². The number of fused-ring (bicyclic) bond motifs is 1. The first kappa shape index (κ1) is 23.4. The van der Waals surface area contributed by atoms with Crippen LogP contribution in [-0.4, -0.2) is 59.3 Å². The molecule has 0 amide bonds. The van der Waals surface area contributed by atoms with Gasteiger partial charge in [0.15, 0.2) is 5.11 Å². The fourth-order valence-corrected chi connectivity index (χ4v) is 4.46. The molecule has 1 fully saturated rings. The van der Waals surface area contributed by atoms with E-state index in [1.165, 1.54) is 11.1 Å². The first-order valence-corrected chi connectivity index (χ1v) is 11.9. The van der Waals surface area contributed by atoms with Gasteiger partial charge >= 0.3 is 0 Å². The molecule has 4 rings (SSSR count). The Morgan fingerprint density at radius 3 is 2.70 bits per heavy atom. The number of aromatic nitrogens is 1. The van der Waals surface area contributed by atoms with Gasteiger partial charge in [-0.05, 0) is 73.8 Å². The Kier molecular flexibility index (Phi) is 7.75. The zero-order valence-corrected chi connectivity index (χ0v) is 20.2. The van der Waals surface area contributed by atoms with Gasteiger partial charge in [0, 0.05) is 42.9 Å². The van der Waals surface area contributed by atoms with Crippen LogP contribution in [0.15, 0.2) is 53.3 Å². The van der Waals surface area contributed by atoms with Crippen LogP contribution in [0.2, 0.25) is 0 Å². The summed E-state index contributed by atoms with van der Waals surface area (Å²) in [5.41, 5.74) is 4.80. The van der Waals surface area contributed by atoms with E-state index in [2.05, 4.69) is 52.1 Å². The molecule has 3 aromatic rings. The van der Waals surface area contributed by atoms with Crippen molar-refractivity contribution in [2.45, 2.75) is 26.8 Å². The Hall–Kier alpha value is -2.74. The normalized spacial score (nSPS) is 14.4. The average Bonchev–Trinajstić information content (AvgIpc) is 2.79. The Labute approximate surface area is 200 Å². The van der Waals surface area contributed by atoms with Crippen LogP contribution in [0.3, 0.4) is 0 Å². The summed E-state index contributed by atoms with van der Waals surface area (Å²) in [7, 11) is 0. The number of H-pyrrole nitrogens is 1. The molecule has 0 unspecified atom stereocenters. The molecular formula is C26H32N4O2S. The molecule has 0 saturated carbocycles. The summed E-state index contributed by atoms with van der Waals surface area (Å²) in [5, 5.41) is 5.04. The predicted octanol–water partition coefficient (Wildman–Crippen LogP) is 4.07. The minimum Gasteiger partial charge on any atom is -0.379 e. The molecular weight excluding hydrogens is 432 g/mol. The minimum atomic E-state index is -0.0668. The molecule has 33 heavy (non-hydrogen) atoms. The Balaban J connectivity index is 1.52. The molecule has 1 aliphatic heterocycles. The quantitative estimate of drug-likeness (QED) is 0.514. The van der Waals surface area contributed by atoms with E-state index >= 15 is 0 Å². The van der Waals surface area contributed by atoms with Crippen molar-refractivity contribution >= 4 is 33.9 Å². The van der Waals surface area contributed by atoms with Crippen LogP contribution in [0, 0.1) is 13.8 Å². The SMILES string of the molecule is Cc1cccc(NC(=S)N(CCCN2CCOCC2)Cc2cc3cc(C)ccc3[nH]c2=O)c1. The second kappa shape index (κ2) is 10.9. The third-order valence-electron chi connectivity index (χ3n) is 6.00. The lowest BCUT2D eigenvalue weighted by molar-refractivity contribution is 0.0367. The van der Waals surface area contributed by atoms with Gasteiger partial charge in [-0.1, -0.05) is 23.8 Å². The Morgan fingerprint density at radius 2 is 1.91 bits per heavy atom. The van der Waals surface area contributed by atoms with Gasteiger partial charge in [-0.2, -0.15) is 0 Å². The number of hydrogen-bond donors (Lipinski definition) is 2. The van der Waals surface area contributed by atoms with E-state index < -0.39 is 0 Å². The summed E-state index contributed by atoms with van der Waals surface area (Å²) in [6, 6.07) is 16.2. The number of aryl methyl sites for hydroxylation is 2. The van der Waals surface area contributed by atoms with Crippen molar-refractivity contribution in [1.82, 2.24) is 14.8 Å². The largest absolute Gasteiger partial charge is 0.379 e. The first-order valence-electron chi connectivity index (χ1n) is 11.5. The highest BCUT2D eigenvalue weighted by Gasteiger charge is 2.16. The highest BCUT2D eigenvalue weighted by molar-refractivity contribution is 7.80. The lowest BCUT2D eigenvalue weighted by Crippen LogP contribution is -2.40. The number of anilines is 1. The van der Waals surface area contributed by atoms with Crippen LogP contribution >= 0.6 is 12.2 Å². The smallest absolute Gasteiger partial charge is 0.253 e. The summed E-state index contributed by atoms with van der Waals surface area (Å²) in [4.78, 5) is 20.4. The van der Waals surface area contributed by atoms with E-state index in [1.807, 2.05) is 30.3 Å². The molecule has 6 nitrogen and oxygen atoms in total. The van der Waals surface area contributed by atoms with E-state index in [1.54, 1.807) is 0 Å². The van der Waals surface area contributed by atoms with E-state index in [0.717, 1.165) is 62.4 Å². The summed E-state index contributed by atoms with van der Waals surface area (Å²) < 4.78 is 5.46. The predicted molar refractivity (Wildman–Crippen MR) is 139 cm³/mol. The van der Waals surface area contributed by atoms with Crippen LogP contribution in [0.4, 0.5) is 5.69 Å². The maximum absolute atomic E-state index is 12.8. The van der Waals surface area contributed by atoms with Crippen molar-refractivity contribution in [3.05, 3.63) is 75.6 Å². The maximum atomic E-state index is 12.8. The summed E-state index contributed by atoms with van der Waals surface area (Å²) in [6.07, 6.45) is 0.959. The number of thiocarbonyl (C=S) groups is 1. The molecule has 7 heteroatoms. The van der Waals surface area contributed by atoms with Gasteiger partial charge in [-0.15, -0.1) is 0 Å². The van der Waals surface area contributed by atoms with E-state index in [9.17, 15) is 4.79 Å². The number of morpholine rings is 1. The van der Waals surface area contributed by atoms with Gasteiger partial charge in [0.2, 0.25) is 0 Å². The highest BCUT2D eigenvalue weighted by atomic mass is 32.1. The molecule has 0 bridgehead atoms. The summed E-state index contributed by atoms with van der Waals surface area (Å²) in [5.74, 6) is 0. The molecule has 0 radical (unpaired) electrons. The Morgan fingerprint density at radius 1 is 1.12 bits per heavy atom. The number of benzene rings is 2. The number of pyridine rings is 1. The van der Waals surface area contributed by atoms with Gasteiger partial charge in [0.05, 0.1) is 19.8 Å². The summed E-state index contributed by atoms with van der Waals surface area (Å²) >= 11 is 5.80. The number of ether oxygens (including phenoxy) is 1. The molecule has 1 saturated heterocycles. The van der Waals surface area contributed by atoms with Crippen molar-refractivity contribution < 1.29 is 4.74 Å². The topological polar surface area (TPSA) is 60.6 Å². The first-order chi connectivity index (χ1) is 16.0. The van der Waals surface area contributed by atoms with Crippen molar-refractivity contribution in [3.63, 3.8) is 0 Å². The molecule has 0 spiro atoms. The van der Waals surface area contributed by atoms with Crippen LogP contribution in [0.5, 0.6) is 0 Å². The lowest BCUT2D eigenvalue weighted by atomic mass is 10.1. The third kappa shape index (κ3) is 6.41. The lowest BCUT2D eigenvalue weighted by Gasteiger charge is -2.29. The average molecular weight is 465 g/mol. The van der Waals surface area contributed by atoms with Gasteiger partial charge in [-0.3, -0.25) is 9.69 Å². The van der Waals surface area contributed by atoms with E-state index in [-0.39, 0.29) is 5.56 Å². The number of nitrogens with one attached hydrogen (secondary N) is 2. The molecule has 0 aliphatic carbocycles. The fourth-order valence-electron chi connectivity index (χ4n) is 4.18. The second-order valence-corrected chi connectivity index (χ2v) is 9.13. The monoisotopic (exact) mass is 464 g/mol. The van der Waals surface area contributed by atoms with Gasteiger partial charge in [-0.25, -0.2) is 0 Å². The van der Waals surface area contributed by atoms with Crippen molar-refractivity contribution in [2.24, 2.45) is 0 Å². The van der Waals surface area contributed by atoms with Crippen LogP contribution in [0.25, 0.3) is 10.9 Å². The molecule has 0 atom stereocenters. The summed E-state index contributed by atoms with van der Waals surface area (Å²) in [6.45, 7) is 9.85. The van der Waals surface area contributed by atoms with Crippen molar-refractivity contribution in [1.29, 1.82) is 0 Å². The molecule has 2 aromatic carbocycles. The van der Waals surface area contributed by atoms with Crippen molar-refractivity contribution in [3.8, 4) is 0 Å². The zero-order valence-electron chi connectivity index (χ0n) is 19.4. The maximum Gasteiger partial charge on any atom is 0.253 e. The third-order valence-corrected chi connectivity index (χ3v) is 6.36. The van der Waals surface area contributed by atoms with E-state index in [0.29, 0.717) is 17.2 Å². The molecule has 2 N–H and O–H groups in total. The molecule has 1 aromatic heterocycles. The van der Waals surface area contributed by atoms with Gasteiger partial charge in [0.1, 0.15) is 0 Å². The number of rotatable bonds is 7. The standard InChI is InChI=1S/C26H32N4O2S/c1-19-5-3-6-23(16-19)27-26(33)30(10-4-9-29-11-13-32-14-12-29)18-22-17-21-15-20(2)7-8-24(21)28-25(22)31/h3,5-8,15-17H,4,9-14,18H2,1-2H3,(H,27,33)(H,28,31). The van der Waals surface area contributed by atoms with Gasteiger partial charge < -0.3 is 19.9 Å². The van der Waals surface area contributed by atoms with Gasteiger partial charge in [0.25, 0.3) is 5.56 Å². The highest BCUT2D eigenvalue weighted by Crippen LogP contribution is 2.16. The molecule has 1 aliphatic rings. The number of aromatic amines is 1. The second-order valence-electron chi connectivity index (χ2n) is 8.74. The zero-order chi connectivity index (χ0) is 23.2. The number of hydrogen-bond acceptors (Lipinski definition) is 4. The fraction of sp³-hybridized carbons (Fsp3) is 0.385. The van der Waals surface area contributed by atoms with E-state index in [4.69, 9.17) is 17.0 Å². The van der Waals surface area contributed by atoms with Crippen molar-refractivity contribution in [2.75, 3.05) is 44.7 Å². The minimum absolute atomic E-state index is 0.0668. The van der Waals surface area contributed by atoms with Crippen LogP contribution < -0.4 is 10.9 Å².